The highest BCUT2D eigenvalue weighted by molar-refractivity contribution is 6.03. The van der Waals surface area contributed by atoms with E-state index in [-0.39, 0.29) is 30.6 Å². The second kappa shape index (κ2) is 4.86. The Kier molecular flexibility index (Phi) is 3.34. The van der Waals surface area contributed by atoms with Gasteiger partial charge < -0.3 is 9.15 Å². The van der Waals surface area contributed by atoms with Gasteiger partial charge in [0.2, 0.25) is 5.76 Å². The predicted molar refractivity (Wildman–Crippen MR) is 68.6 cm³/mol. The molecule has 0 radical (unpaired) electrons. The summed E-state index contributed by atoms with van der Waals surface area (Å²) in [6.07, 6.45) is -1.91. The Hall–Kier alpha value is -1.79. The number of Topliss-reactive ketones (excluding diaryl/α,β-unsaturated/α-hetero) is 1. The zero-order valence-corrected chi connectivity index (χ0v) is 12.0. The maximum atomic E-state index is 13.3. The third kappa shape index (κ3) is 2.23. The third-order valence-corrected chi connectivity index (χ3v) is 4.49. The molecule has 22 heavy (non-hydrogen) atoms. The Labute approximate surface area is 124 Å². The van der Waals surface area contributed by atoms with E-state index >= 15 is 0 Å². The van der Waals surface area contributed by atoms with Crippen LogP contribution in [-0.2, 0) is 17.3 Å². The largest absolute Gasteiger partial charge is 0.460 e. The number of esters is 1. The van der Waals surface area contributed by atoms with Crippen LogP contribution in [0, 0.1) is 5.41 Å². The summed E-state index contributed by atoms with van der Waals surface area (Å²) < 4.78 is 49.7. The lowest BCUT2D eigenvalue weighted by Crippen LogP contribution is -2.38. The first kappa shape index (κ1) is 15.1. The molecule has 3 rings (SSSR count). The smallest absolute Gasteiger partial charge is 0.421 e. The molecule has 2 aliphatic rings. The molecule has 2 aliphatic carbocycles. The van der Waals surface area contributed by atoms with E-state index in [1.165, 1.54) is 6.92 Å². The second-order valence-electron chi connectivity index (χ2n) is 5.95. The molecule has 0 N–H and O–H groups in total. The van der Waals surface area contributed by atoms with E-state index in [2.05, 4.69) is 4.74 Å². The van der Waals surface area contributed by atoms with Crippen molar-refractivity contribution in [2.24, 2.45) is 5.41 Å². The lowest BCUT2D eigenvalue weighted by molar-refractivity contribution is -0.138. The van der Waals surface area contributed by atoms with E-state index in [0.29, 0.717) is 0 Å². The van der Waals surface area contributed by atoms with Gasteiger partial charge in [-0.3, -0.25) is 4.79 Å². The van der Waals surface area contributed by atoms with Crippen molar-refractivity contribution in [2.75, 3.05) is 6.61 Å². The van der Waals surface area contributed by atoms with Crippen molar-refractivity contribution in [2.45, 2.75) is 45.2 Å². The summed E-state index contributed by atoms with van der Waals surface area (Å²) in [5.41, 5.74) is -2.04. The number of rotatable bonds is 2. The summed E-state index contributed by atoms with van der Waals surface area (Å²) in [6.45, 7) is 1.42. The van der Waals surface area contributed by atoms with E-state index < -0.39 is 34.8 Å². The van der Waals surface area contributed by atoms with E-state index in [1.54, 1.807) is 0 Å². The molecule has 7 heteroatoms. The van der Waals surface area contributed by atoms with Crippen LogP contribution in [-0.4, -0.2) is 18.4 Å². The Balaban J connectivity index is 2.12. The van der Waals surface area contributed by atoms with Crippen molar-refractivity contribution in [3.63, 3.8) is 0 Å². The molecule has 120 valence electrons. The molecule has 0 aliphatic heterocycles. The van der Waals surface area contributed by atoms with Crippen molar-refractivity contribution in [1.82, 2.24) is 0 Å². The molecule has 0 aromatic carbocycles. The van der Waals surface area contributed by atoms with Gasteiger partial charge in [-0.2, -0.15) is 13.2 Å². The summed E-state index contributed by atoms with van der Waals surface area (Å²) in [4.78, 5) is 24.0. The minimum atomic E-state index is -4.83. The molecule has 0 saturated heterocycles. The third-order valence-electron chi connectivity index (χ3n) is 4.49. The van der Waals surface area contributed by atoms with Gasteiger partial charge in [0.05, 0.1) is 12.2 Å². The number of ether oxygens (including phenoxy) is 1. The standard InChI is InChI=1S/C15H15F3O4/c1-2-21-13(20)12-11(15(16,17)18)10-8(19)6-14(4-3-5-14)7-9(10)22-12/h2-7H2,1H3. The zero-order chi connectivity index (χ0) is 16.1. The van der Waals surface area contributed by atoms with Gasteiger partial charge in [0.25, 0.3) is 0 Å². The Morgan fingerprint density at radius 2 is 2.00 bits per heavy atom. The Bertz CT molecular complexity index is 638. The number of carbonyl (C=O) groups excluding carboxylic acids is 2. The highest BCUT2D eigenvalue weighted by Crippen LogP contribution is 2.52. The fraction of sp³-hybridized carbons (Fsp3) is 0.600. The lowest BCUT2D eigenvalue weighted by atomic mass is 9.60. The summed E-state index contributed by atoms with van der Waals surface area (Å²) in [6, 6.07) is 0. The molecule has 1 saturated carbocycles. The number of hydrogen-bond donors (Lipinski definition) is 0. The highest BCUT2D eigenvalue weighted by atomic mass is 19.4. The minimum absolute atomic E-state index is 0.0219. The van der Waals surface area contributed by atoms with Crippen LogP contribution in [0.4, 0.5) is 13.2 Å². The van der Waals surface area contributed by atoms with Crippen LogP contribution in [0.2, 0.25) is 0 Å². The molecular formula is C15H15F3O4. The summed E-state index contributed by atoms with van der Waals surface area (Å²) in [7, 11) is 0. The van der Waals surface area contributed by atoms with Gasteiger partial charge >= 0.3 is 12.1 Å². The average Bonchev–Trinajstić information content (AvgIpc) is 2.76. The number of carbonyl (C=O) groups is 2. The van der Waals surface area contributed by atoms with E-state index in [4.69, 9.17) is 4.42 Å². The SMILES string of the molecule is CCOC(=O)c1oc2c(c1C(F)(F)F)C(=O)CC1(CCC1)C2. The molecule has 0 atom stereocenters. The van der Waals surface area contributed by atoms with E-state index in [9.17, 15) is 22.8 Å². The molecule has 1 heterocycles. The fourth-order valence-electron chi connectivity index (χ4n) is 3.37. The van der Waals surface area contributed by atoms with Crippen LogP contribution in [0.15, 0.2) is 4.42 Å². The number of alkyl halides is 3. The Morgan fingerprint density at radius 3 is 2.50 bits per heavy atom. The molecule has 0 amide bonds. The van der Waals surface area contributed by atoms with Gasteiger partial charge in [-0.1, -0.05) is 6.42 Å². The molecule has 4 nitrogen and oxygen atoms in total. The molecule has 1 fully saturated rings. The monoisotopic (exact) mass is 316 g/mol. The zero-order valence-electron chi connectivity index (χ0n) is 12.0. The van der Waals surface area contributed by atoms with Gasteiger partial charge in [-0.25, -0.2) is 4.79 Å². The normalized spacial score (nSPS) is 19.7. The van der Waals surface area contributed by atoms with Crippen LogP contribution >= 0.6 is 0 Å². The molecule has 0 unspecified atom stereocenters. The highest BCUT2D eigenvalue weighted by Gasteiger charge is 2.51. The Morgan fingerprint density at radius 1 is 1.32 bits per heavy atom. The maximum absolute atomic E-state index is 13.3. The summed E-state index contributed by atoms with van der Waals surface area (Å²) >= 11 is 0. The van der Waals surface area contributed by atoms with Crippen LogP contribution < -0.4 is 0 Å². The minimum Gasteiger partial charge on any atom is -0.460 e. The first-order chi connectivity index (χ1) is 10.3. The first-order valence-corrected chi connectivity index (χ1v) is 7.20. The van der Waals surface area contributed by atoms with Crippen molar-refractivity contribution in [3.8, 4) is 0 Å². The van der Waals surface area contributed by atoms with Crippen molar-refractivity contribution in [3.05, 3.63) is 22.6 Å². The molecule has 1 spiro atoms. The van der Waals surface area contributed by atoms with Crippen molar-refractivity contribution in [1.29, 1.82) is 0 Å². The second-order valence-corrected chi connectivity index (χ2v) is 5.95. The summed E-state index contributed by atoms with van der Waals surface area (Å²) in [5, 5.41) is 0. The van der Waals surface area contributed by atoms with E-state index in [0.717, 1.165) is 19.3 Å². The summed E-state index contributed by atoms with van der Waals surface area (Å²) in [5.74, 6) is -2.69. The number of halogens is 3. The quantitative estimate of drug-likeness (QED) is 0.779. The van der Waals surface area contributed by atoms with Gasteiger partial charge in [0.1, 0.15) is 11.3 Å². The number of fused-ring (bicyclic) bond motifs is 1. The number of ketones is 1. The molecule has 1 aromatic rings. The van der Waals surface area contributed by atoms with Crippen LogP contribution in [0.5, 0.6) is 0 Å². The molecule has 1 aromatic heterocycles. The van der Waals surface area contributed by atoms with Crippen LogP contribution in [0.25, 0.3) is 0 Å². The maximum Gasteiger partial charge on any atom is 0.421 e. The molecular weight excluding hydrogens is 301 g/mol. The van der Waals surface area contributed by atoms with E-state index in [1.807, 2.05) is 0 Å². The fourth-order valence-corrected chi connectivity index (χ4v) is 3.37. The number of furan rings is 1. The number of hydrogen-bond acceptors (Lipinski definition) is 4. The van der Waals surface area contributed by atoms with Crippen molar-refractivity contribution < 1.29 is 31.9 Å². The van der Waals surface area contributed by atoms with Crippen LogP contribution in [0.1, 0.15) is 64.8 Å². The lowest BCUT2D eigenvalue weighted by Gasteiger charge is -2.43. The van der Waals surface area contributed by atoms with Gasteiger partial charge in [0.15, 0.2) is 5.78 Å². The topological polar surface area (TPSA) is 56.5 Å². The van der Waals surface area contributed by atoms with Gasteiger partial charge in [0, 0.05) is 12.8 Å². The predicted octanol–water partition coefficient (Wildman–Crippen LogP) is 3.77. The van der Waals surface area contributed by atoms with Crippen molar-refractivity contribution >= 4 is 11.8 Å². The molecule has 0 bridgehead atoms. The first-order valence-electron chi connectivity index (χ1n) is 7.20. The van der Waals surface area contributed by atoms with Gasteiger partial charge in [-0.15, -0.1) is 0 Å². The van der Waals surface area contributed by atoms with Gasteiger partial charge in [-0.05, 0) is 25.2 Å². The van der Waals surface area contributed by atoms with Crippen LogP contribution in [0.3, 0.4) is 0 Å². The average molecular weight is 316 g/mol.